The number of nitrogens with zero attached hydrogens (tertiary/aromatic N) is 10. The second-order valence-corrected chi connectivity index (χ2v) is 19.4. The SMILES string of the molecule is Cn1c(=O)n(C2CCC(=O)NC2=O)c2cccc(CCCN3CC4(CCN(C(=O)C5CCC(n6cc(NC(=O)c7cnn8ccc(N9C[C@H]%10C[C@@H]9CO%10)nc78)c(C(F)F)n6)CC5)CC4)C3)c21. The zero-order valence-corrected chi connectivity index (χ0v) is 36.9. The lowest BCUT2D eigenvalue weighted by Gasteiger charge is -2.54. The van der Waals surface area contributed by atoms with Crippen LogP contribution < -0.4 is 21.2 Å². The van der Waals surface area contributed by atoms with Crippen molar-refractivity contribution in [3.63, 3.8) is 0 Å². The van der Waals surface area contributed by atoms with Gasteiger partial charge in [-0.05, 0) is 93.9 Å². The number of hydrogen-bond donors (Lipinski definition) is 2. The molecular weight excluding hydrogens is 855 g/mol. The standard InChI is InChI=1S/C46H54F2N12O6/c1-54-39-27(4-2-6-34(39)60(45(54)65)35-11-12-37(61)52-43(35)63)5-3-16-55-25-46(26-55)14-18-56(19-15-46)44(64)28-7-9-29(10-8-28)59-23-33(38(53-59)40(47)48)50-42(62)32-21-49-58-17-13-36(51-41(32)58)57-22-31-20-30(57)24-66-31/h2,4,6,13,17,21,23,28-31,35,40H,3,5,7-12,14-16,18-20,22,24-26H2,1H3,(H,50,62)(H,52,61,63)/t28?,29?,30-,31-,35?/m1/s1. The van der Waals surface area contributed by atoms with Crippen molar-refractivity contribution in [2.24, 2.45) is 18.4 Å². The predicted octanol–water partition coefficient (Wildman–Crippen LogP) is 4.01. The van der Waals surface area contributed by atoms with Crippen LogP contribution in [0.4, 0.5) is 20.3 Å². The first-order valence-corrected chi connectivity index (χ1v) is 23.4. The minimum atomic E-state index is -2.90. The van der Waals surface area contributed by atoms with Crippen LogP contribution in [0.5, 0.6) is 0 Å². The van der Waals surface area contributed by atoms with Gasteiger partial charge in [-0.1, -0.05) is 12.1 Å². The Kier molecular flexibility index (Phi) is 10.8. The average molecular weight is 909 g/mol. The molecule has 6 aliphatic rings. The number of ether oxygens (including phenoxy) is 1. The van der Waals surface area contributed by atoms with E-state index in [0.29, 0.717) is 55.7 Å². The van der Waals surface area contributed by atoms with E-state index in [-0.39, 0.29) is 64.7 Å². The van der Waals surface area contributed by atoms with Crippen LogP contribution in [0.3, 0.4) is 0 Å². The van der Waals surface area contributed by atoms with Crippen LogP contribution in [0.1, 0.15) is 104 Å². The fourth-order valence-electron chi connectivity index (χ4n) is 11.8. The fourth-order valence-corrected chi connectivity index (χ4v) is 11.8. The molecule has 1 spiro atoms. The molecule has 6 fully saturated rings. The average Bonchev–Trinajstić information content (AvgIpc) is 4.16. The van der Waals surface area contributed by atoms with Gasteiger partial charge in [0.25, 0.3) is 12.3 Å². The van der Waals surface area contributed by atoms with Crippen LogP contribution >= 0.6 is 0 Å². The third-order valence-corrected chi connectivity index (χ3v) is 15.3. The number of halogens is 2. The predicted molar refractivity (Wildman–Crippen MR) is 236 cm³/mol. The number of rotatable bonds is 11. The monoisotopic (exact) mass is 908 g/mol. The maximum Gasteiger partial charge on any atom is 0.329 e. The summed E-state index contributed by atoms with van der Waals surface area (Å²) in [5, 5.41) is 13.6. The number of amides is 4. The molecule has 1 aliphatic carbocycles. The van der Waals surface area contributed by atoms with Crippen molar-refractivity contribution in [1.82, 2.24) is 48.6 Å². The van der Waals surface area contributed by atoms with Gasteiger partial charge in [-0.15, -0.1) is 0 Å². The normalized spacial score (nSPS) is 25.4. The number of aryl methyl sites for hydroxylation is 2. The molecule has 5 aliphatic heterocycles. The number of alkyl halides is 2. The molecule has 5 saturated heterocycles. The lowest BCUT2D eigenvalue weighted by atomic mass is 9.71. The third-order valence-electron chi connectivity index (χ3n) is 15.3. The number of imide groups is 1. The van der Waals surface area contributed by atoms with Gasteiger partial charge in [0.15, 0.2) is 11.3 Å². The molecule has 3 atom stereocenters. The Bertz CT molecular complexity index is 2790. The molecule has 20 heteroatoms. The summed E-state index contributed by atoms with van der Waals surface area (Å²) >= 11 is 0. The van der Waals surface area contributed by atoms with Gasteiger partial charge in [-0.25, -0.2) is 23.1 Å². The number of benzene rings is 1. The number of fused-ring (bicyclic) bond motifs is 4. The van der Waals surface area contributed by atoms with E-state index in [0.717, 1.165) is 82.5 Å². The highest BCUT2D eigenvalue weighted by Gasteiger charge is 2.46. The molecule has 0 radical (unpaired) electrons. The second kappa shape index (κ2) is 16.7. The van der Waals surface area contributed by atoms with Crippen molar-refractivity contribution in [2.75, 3.05) is 56.1 Å². The summed E-state index contributed by atoms with van der Waals surface area (Å²) in [6.45, 7) is 5.72. The van der Waals surface area contributed by atoms with E-state index in [4.69, 9.17) is 9.72 Å². The van der Waals surface area contributed by atoms with E-state index in [1.165, 1.54) is 26.2 Å². The van der Waals surface area contributed by atoms with Crippen LogP contribution in [0.15, 0.2) is 47.7 Å². The lowest BCUT2D eigenvalue weighted by molar-refractivity contribution is -0.142. The number of likely N-dealkylation sites (tertiary alicyclic amines) is 2. The zero-order valence-electron chi connectivity index (χ0n) is 36.9. The first-order valence-electron chi connectivity index (χ1n) is 23.4. The zero-order chi connectivity index (χ0) is 45.4. The lowest BCUT2D eigenvalue weighted by Crippen LogP contribution is -2.61. The van der Waals surface area contributed by atoms with Gasteiger partial charge in [-0.3, -0.25) is 38.3 Å². The van der Waals surface area contributed by atoms with Gasteiger partial charge in [0.05, 0.1) is 47.7 Å². The first kappa shape index (κ1) is 42.6. The quantitative estimate of drug-likeness (QED) is 0.183. The van der Waals surface area contributed by atoms with Crippen molar-refractivity contribution in [2.45, 2.75) is 101 Å². The molecule has 1 unspecified atom stereocenters. The van der Waals surface area contributed by atoms with Gasteiger partial charge in [0.1, 0.15) is 17.4 Å². The van der Waals surface area contributed by atoms with Crippen molar-refractivity contribution < 1.29 is 32.7 Å². The Morgan fingerprint density at radius 1 is 1.03 bits per heavy atom. The number of hydrogen-bond acceptors (Lipinski definition) is 11. The molecule has 4 amide bonds. The first-order chi connectivity index (χ1) is 31.9. The van der Waals surface area contributed by atoms with Gasteiger partial charge in [0.2, 0.25) is 17.7 Å². The Morgan fingerprint density at radius 2 is 1.83 bits per heavy atom. The summed E-state index contributed by atoms with van der Waals surface area (Å²) < 4.78 is 40.6. The molecule has 2 N–H and O–H groups in total. The molecule has 9 heterocycles. The highest BCUT2D eigenvalue weighted by molar-refractivity contribution is 6.08. The topological polar surface area (TPSA) is 186 Å². The number of aromatic nitrogens is 7. The molecule has 66 heavy (non-hydrogen) atoms. The van der Waals surface area contributed by atoms with E-state index in [2.05, 4.69) is 30.6 Å². The van der Waals surface area contributed by atoms with Gasteiger partial charge in [-0.2, -0.15) is 10.2 Å². The number of carbonyl (C=O) groups excluding carboxylic acids is 4. The smallest absolute Gasteiger partial charge is 0.329 e. The second-order valence-electron chi connectivity index (χ2n) is 19.4. The molecule has 348 valence electrons. The van der Waals surface area contributed by atoms with E-state index in [9.17, 15) is 32.8 Å². The Balaban J connectivity index is 0.651. The number of nitrogens with one attached hydrogen (secondary N) is 2. The van der Waals surface area contributed by atoms with Crippen molar-refractivity contribution in [3.8, 4) is 0 Å². The van der Waals surface area contributed by atoms with Crippen molar-refractivity contribution in [1.29, 1.82) is 0 Å². The van der Waals surface area contributed by atoms with E-state index >= 15 is 0 Å². The summed E-state index contributed by atoms with van der Waals surface area (Å²) in [4.78, 5) is 76.5. The van der Waals surface area contributed by atoms with E-state index < -0.39 is 30.0 Å². The minimum absolute atomic E-state index is 0.0560. The Hall–Kier alpha value is -6.02. The number of para-hydroxylation sites is 1. The Morgan fingerprint density at radius 3 is 2.56 bits per heavy atom. The highest BCUT2D eigenvalue weighted by Crippen LogP contribution is 2.42. The summed E-state index contributed by atoms with van der Waals surface area (Å²) in [6.07, 6.45) is 9.41. The summed E-state index contributed by atoms with van der Waals surface area (Å²) in [6, 6.07) is 7.02. The van der Waals surface area contributed by atoms with Crippen LogP contribution in [-0.4, -0.2) is 125 Å². The number of carbonyl (C=O) groups is 4. The maximum absolute atomic E-state index is 14.3. The molecule has 1 saturated carbocycles. The molecular formula is C46H54F2N12O6. The summed E-state index contributed by atoms with van der Waals surface area (Å²) in [5.74, 6) is -0.592. The largest absolute Gasteiger partial charge is 0.374 e. The molecule has 1 aromatic carbocycles. The van der Waals surface area contributed by atoms with Crippen LogP contribution in [0, 0.1) is 11.3 Å². The summed E-state index contributed by atoms with van der Waals surface area (Å²) in [5.41, 5.74) is 2.47. The summed E-state index contributed by atoms with van der Waals surface area (Å²) in [7, 11) is 1.73. The van der Waals surface area contributed by atoms with Crippen molar-refractivity contribution >= 4 is 51.8 Å². The van der Waals surface area contributed by atoms with Gasteiger partial charge < -0.3 is 24.8 Å². The van der Waals surface area contributed by atoms with Crippen molar-refractivity contribution in [3.05, 3.63) is 70.2 Å². The van der Waals surface area contributed by atoms with Crippen LogP contribution in [0.25, 0.3) is 16.7 Å². The fraction of sp³-hybridized carbons (Fsp3) is 0.565. The van der Waals surface area contributed by atoms with E-state index in [1.807, 2.05) is 29.2 Å². The number of morpholine rings is 1. The Labute approximate surface area is 378 Å². The molecule has 11 rings (SSSR count). The highest BCUT2D eigenvalue weighted by atomic mass is 19.3. The molecule has 4 aromatic heterocycles. The number of piperidine rings is 2. The minimum Gasteiger partial charge on any atom is -0.374 e. The molecule has 2 bridgehead atoms. The maximum atomic E-state index is 14.3. The molecule has 5 aromatic rings. The molecule has 18 nitrogen and oxygen atoms in total. The van der Waals surface area contributed by atoms with Gasteiger partial charge in [0, 0.05) is 64.5 Å². The van der Waals surface area contributed by atoms with E-state index in [1.54, 1.807) is 17.8 Å². The van der Waals surface area contributed by atoms with Crippen LogP contribution in [0.2, 0.25) is 0 Å². The van der Waals surface area contributed by atoms with Gasteiger partial charge >= 0.3 is 5.69 Å². The van der Waals surface area contributed by atoms with Crippen LogP contribution in [-0.2, 0) is 32.6 Å². The number of imidazole rings is 1. The third kappa shape index (κ3) is 7.54. The number of anilines is 2.